The molecule has 1 aliphatic heterocycles. The van der Waals surface area contributed by atoms with Gasteiger partial charge in [0.2, 0.25) is 0 Å². The van der Waals surface area contributed by atoms with Crippen LogP contribution in [0.15, 0.2) is 66.9 Å². The first-order chi connectivity index (χ1) is 13.3. The molecule has 4 rings (SSSR count). The normalized spacial score (nSPS) is 17.2. The minimum Gasteiger partial charge on any atom is -0.493 e. The highest BCUT2D eigenvalue weighted by molar-refractivity contribution is 5.45. The molecule has 1 atom stereocenters. The molecule has 2 aromatic carbocycles. The van der Waals surface area contributed by atoms with Gasteiger partial charge in [0.25, 0.3) is 0 Å². The van der Waals surface area contributed by atoms with E-state index in [1.54, 1.807) is 14.2 Å². The second-order valence-corrected chi connectivity index (χ2v) is 6.95. The Hall–Kier alpha value is -2.72. The highest BCUT2D eigenvalue weighted by atomic mass is 16.5. The van der Waals surface area contributed by atoms with E-state index in [4.69, 9.17) is 9.47 Å². The van der Waals surface area contributed by atoms with Crippen LogP contribution in [0.5, 0.6) is 11.5 Å². The van der Waals surface area contributed by atoms with Crippen LogP contribution in [0.1, 0.15) is 29.3 Å². The second kappa shape index (κ2) is 7.89. The number of aryl methyl sites for hydroxylation is 1. The van der Waals surface area contributed by atoms with Crippen molar-refractivity contribution >= 4 is 0 Å². The third-order valence-corrected chi connectivity index (χ3v) is 5.31. The molecule has 4 nitrogen and oxygen atoms in total. The topological polar surface area (TPSA) is 26.6 Å². The summed E-state index contributed by atoms with van der Waals surface area (Å²) >= 11 is 0. The van der Waals surface area contributed by atoms with E-state index >= 15 is 0 Å². The van der Waals surface area contributed by atoms with E-state index in [0.29, 0.717) is 0 Å². The molecule has 0 saturated heterocycles. The fourth-order valence-corrected chi connectivity index (χ4v) is 4.03. The fourth-order valence-electron chi connectivity index (χ4n) is 4.03. The third kappa shape index (κ3) is 3.58. The monoisotopic (exact) mass is 362 g/mol. The number of benzene rings is 2. The van der Waals surface area contributed by atoms with Gasteiger partial charge in [-0.2, -0.15) is 0 Å². The first-order valence-electron chi connectivity index (χ1n) is 9.45. The summed E-state index contributed by atoms with van der Waals surface area (Å²) in [7, 11) is 3.37. The minimum atomic E-state index is 0.183. The number of hydrogen-bond donors (Lipinski definition) is 0. The summed E-state index contributed by atoms with van der Waals surface area (Å²) in [6.45, 7) is 3.03. The van der Waals surface area contributed by atoms with Crippen LogP contribution in [0.4, 0.5) is 0 Å². The number of methoxy groups -OCH3 is 2. The van der Waals surface area contributed by atoms with Crippen molar-refractivity contribution in [3.8, 4) is 11.5 Å². The molecule has 27 heavy (non-hydrogen) atoms. The first-order valence-corrected chi connectivity index (χ1v) is 9.45. The Bertz CT molecular complexity index is 888. The molecule has 1 aromatic heterocycles. The fraction of sp³-hybridized carbons (Fsp3) is 0.304. The molecule has 0 N–H and O–H groups in total. The highest BCUT2D eigenvalue weighted by Crippen LogP contribution is 2.37. The summed E-state index contributed by atoms with van der Waals surface area (Å²) < 4.78 is 13.4. The molecule has 0 bridgehead atoms. The van der Waals surface area contributed by atoms with E-state index in [9.17, 15) is 0 Å². The number of rotatable bonds is 5. The van der Waals surface area contributed by atoms with Crippen LogP contribution in [0.25, 0.3) is 0 Å². The van der Waals surface area contributed by atoms with Crippen molar-refractivity contribution in [3.63, 3.8) is 0 Å². The summed E-state index contributed by atoms with van der Waals surface area (Å²) in [5.74, 6) is 1.54. The van der Waals surface area contributed by atoms with Crippen molar-refractivity contribution in [1.82, 2.24) is 9.47 Å². The Kier molecular flexibility index (Phi) is 5.16. The average molecular weight is 362 g/mol. The van der Waals surface area contributed by atoms with Gasteiger partial charge in [-0.05, 0) is 41.8 Å². The van der Waals surface area contributed by atoms with Gasteiger partial charge in [0.15, 0.2) is 11.5 Å². The van der Waals surface area contributed by atoms with Crippen LogP contribution in [0, 0.1) is 0 Å². The Morgan fingerprint density at radius 1 is 0.889 bits per heavy atom. The first kappa shape index (κ1) is 17.7. The zero-order chi connectivity index (χ0) is 18.6. The lowest BCUT2D eigenvalue weighted by Gasteiger charge is -2.31. The third-order valence-electron chi connectivity index (χ3n) is 5.31. The maximum atomic E-state index is 5.57. The van der Waals surface area contributed by atoms with E-state index in [1.165, 1.54) is 16.8 Å². The van der Waals surface area contributed by atoms with Crippen molar-refractivity contribution < 1.29 is 9.47 Å². The van der Waals surface area contributed by atoms with Crippen LogP contribution < -0.4 is 9.47 Å². The van der Waals surface area contributed by atoms with Crippen molar-refractivity contribution in [1.29, 1.82) is 0 Å². The summed E-state index contributed by atoms with van der Waals surface area (Å²) in [6, 6.07) is 21.6. The zero-order valence-electron chi connectivity index (χ0n) is 16.0. The van der Waals surface area contributed by atoms with Crippen molar-refractivity contribution in [2.75, 3.05) is 20.8 Å². The molecule has 0 aliphatic carbocycles. The van der Waals surface area contributed by atoms with Gasteiger partial charge in [-0.1, -0.05) is 36.4 Å². The van der Waals surface area contributed by atoms with Gasteiger partial charge in [-0.15, -0.1) is 0 Å². The summed E-state index contributed by atoms with van der Waals surface area (Å²) in [5.41, 5.74) is 3.89. The number of fused-ring (bicyclic) bond motifs is 1. The highest BCUT2D eigenvalue weighted by Gasteiger charge is 2.28. The molecular weight excluding hydrogens is 336 g/mol. The Balaban J connectivity index is 1.76. The zero-order valence-corrected chi connectivity index (χ0v) is 16.0. The van der Waals surface area contributed by atoms with Gasteiger partial charge in [0.1, 0.15) is 0 Å². The van der Waals surface area contributed by atoms with Crippen LogP contribution in [0.2, 0.25) is 0 Å². The maximum absolute atomic E-state index is 5.57. The smallest absolute Gasteiger partial charge is 0.161 e. The number of aromatic nitrogens is 1. The lowest BCUT2D eigenvalue weighted by molar-refractivity contribution is 0.220. The van der Waals surface area contributed by atoms with Crippen LogP contribution in [-0.4, -0.2) is 30.2 Å². The molecule has 0 unspecified atom stereocenters. The van der Waals surface area contributed by atoms with E-state index < -0.39 is 0 Å². The predicted molar refractivity (Wildman–Crippen MR) is 107 cm³/mol. The van der Waals surface area contributed by atoms with E-state index in [1.807, 2.05) is 6.07 Å². The van der Waals surface area contributed by atoms with Crippen molar-refractivity contribution in [3.05, 3.63) is 83.7 Å². The molecule has 3 aromatic rings. The molecule has 1 aliphatic rings. The molecule has 4 heteroatoms. The summed E-state index contributed by atoms with van der Waals surface area (Å²) in [5, 5.41) is 0. The lowest BCUT2D eigenvalue weighted by atomic mass is 10.0. The molecular formula is C23H26N2O2. The summed E-state index contributed by atoms with van der Waals surface area (Å²) in [4.78, 5) is 2.56. The van der Waals surface area contributed by atoms with E-state index in [0.717, 1.165) is 37.6 Å². The predicted octanol–water partition coefficient (Wildman–Crippen LogP) is 4.50. The standard InChI is InChI=1S/C23H26N2O2/c1-26-21-12-11-19(16-22(21)27-2)23-20-10-6-13-24(20)14-7-15-25(23)17-18-8-4-3-5-9-18/h3-6,8-13,16,23H,7,14-15,17H2,1-2H3/t23-/m1/s1. The van der Waals surface area contributed by atoms with Gasteiger partial charge < -0.3 is 14.0 Å². The van der Waals surface area contributed by atoms with Gasteiger partial charge >= 0.3 is 0 Å². The molecule has 0 amide bonds. The largest absolute Gasteiger partial charge is 0.493 e. The number of hydrogen-bond acceptors (Lipinski definition) is 3. The number of nitrogens with zero attached hydrogens (tertiary/aromatic N) is 2. The lowest BCUT2D eigenvalue weighted by Crippen LogP contribution is -2.29. The Labute approximate surface area is 161 Å². The molecule has 0 radical (unpaired) electrons. The molecule has 2 heterocycles. The Morgan fingerprint density at radius 2 is 1.70 bits per heavy atom. The maximum Gasteiger partial charge on any atom is 0.161 e. The second-order valence-electron chi connectivity index (χ2n) is 6.95. The minimum absolute atomic E-state index is 0.183. The van der Waals surface area contributed by atoms with Crippen LogP contribution >= 0.6 is 0 Å². The van der Waals surface area contributed by atoms with Gasteiger partial charge in [0, 0.05) is 31.5 Å². The van der Waals surface area contributed by atoms with Crippen LogP contribution in [-0.2, 0) is 13.1 Å². The quantitative estimate of drug-likeness (QED) is 0.668. The van der Waals surface area contributed by atoms with Crippen molar-refractivity contribution in [2.24, 2.45) is 0 Å². The Morgan fingerprint density at radius 3 is 2.48 bits per heavy atom. The van der Waals surface area contributed by atoms with Gasteiger partial charge in [0.05, 0.1) is 20.3 Å². The molecule has 0 saturated carbocycles. The van der Waals surface area contributed by atoms with E-state index in [-0.39, 0.29) is 6.04 Å². The van der Waals surface area contributed by atoms with Gasteiger partial charge in [-0.3, -0.25) is 4.90 Å². The van der Waals surface area contributed by atoms with E-state index in [2.05, 4.69) is 70.3 Å². The molecule has 0 fully saturated rings. The average Bonchev–Trinajstić information content (AvgIpc) is 3.10. The number of ether oxygens (including phenoxy) is 2. The molecule has 140 valence electrons. The molecule has 0 spiro atoms. The van der Waals surface area contributed by atoms with Gasteiger partial charge in [-0.25, -0.2) is 0 Å². The summed E-state index contributed by atoms with van der Waals surface area (Å²) in [6.07, 6.45) is 3.33. The SMILES string of the molecule is COc1ccc([C@@H]2c3cccn3CCCN2Cc2ccccc2)cc1OC. The van der Waals surface area contributed by atoms with Crippen LogP contribution in [0.3, 0.4) is 0 Å². The van der Waals surface area contributed by atoms with Crippen molar-refractivity contribution in [2.45, 2.75) is 25.6 Å².